The SMILES string of the molecule is CCS(=O)C1CCCC(NC(=NC)NCc2cccc(OCC(F)(F)F)c2)C1. The van der Waals surface area contributed by atoms with Crippen molar-refractivity contribution in [1.29, 1.82) is 0 Å². The molecule has 5 nitrogen and oxygen atoms in total. The Hall–Kier alpha value is -1.77. The van der Waals surface area contributed by atoms with E-state index in [1.165, 1.54) is 6.07 Å². The van der Waals surface area contributed by atoms with Gasteiger partial charge in [-0.25, -0.2) is 0 Å². The fourth-order valence-electron chi connectivity index (χ4n) is 3.23. The number of nitrogens with one attached hydrogen (secondary N) is 2. The Bertz CT molecular complexity index is 683. The van der Waals surface area contributed by atoms with Crippen LogP contribution in [0.2, 0.25) is 0 Å². The summed E-state index contributed by atoms with van der Waals surface area (Å²) in [4.78, 5) is 4.22. The molecule has 0 aliphatic heterocycles. The molecule has 0 radical (unpaired) electrons. The smallest absolute Gasteiger partial charge is 0.422 e. The average molecular weight is 420 g/mol. The molecule has 0 heterocycles. The number of halogens is 3. The Labute approximate surface area is 166 Å². The van der Waals surface area contributed by atoms with Crippen molar-refractivity contribution >= 4 is 16.8 Å². The van der Waals surface area contributed by atoms with Crippen LogP contribution >= 0.6 is 0 Å². The number of aliphatic imine (C=N–C) groups is 1. The van der Waals surface area contributed by atoms with Gasteiger partial charge >= 0.3 is 6.18 Å². The fraction of sp³-hybridized carbons (Fsp3) is 0.632. The van der Waals surface area contributed by atoms with Crippen molar-refractivity contribution in [2.45, 2.75) is 56.6 Å². The molecule has 1 aliphatic rings. The van der Waals surface area contributed by atoms with E-state index in [0.29, 0.717) is 18.3 Å². The fourth-order valence-corrected chi connectivity index (χ4v) is 4.58. The molecule has 1 aliphatic carbocycles. The second-order valence-corrected chi connectivity index (χ2v) is 8.78. The predicted octanol–water partition coefficient (Wildman–Crippen LogP) is 3.37. The lowest BCUT2D eigenvalue weighted by Gasteiger charge is -2.30. The van der Waals surface area contributed by atoms with E-state index in [9.17, 15) is 17.4 Å². The number of rotatable bonds is 7. The molecule has 158 valence electrons. The van der Waals surface area contributed by atoms with E-state index >= 15 is 0 Å². The first-order chi connectivity index (χ1) is 13.3. The van der Waals surface area contributed by atoms with Crippen molar-refractivity contribution in [3.63, 3.8) is 0 Å². The number of nitrogens with zero attached hydrogens (tertiary/aromatic N) is 1. The molecule has 0 spiro atoms. The van der Waals surface area contributed by atoms with Crippen LogP contribution in [-0.2, 0) is 17.3 Å². The third-order valence-electron chi connectivity index (χ3n) is 4.61. The van der Waals surface area contributed by atoms with Crippen LogP contribution in [0.1, 0.15) is 38.2 Å². The summed E-state index contributed by atoms with van der Waals surface area (Å²) >= 11 is 0. The van der Waals surface area contributed by atoms with Gasteiger partial charge in [0.2, 0.25) is 0 Å². The summed E-state index contributed by atoms with van der Waals surface area (Å²) in [5, 5.41) is 6.76. The van der Waals surface area contributed by atoms with Gasteiger partial charge < -0.3 is 15.4 Å². The van der Waals surface area contributed by atoms with Crippen LogP contribution < -0.4 is 15.4 Å². The number of guanidine groups is 1. The summed E-state index contributed by atoms with van der Waals surface area (Å²) in [5.41, 5.74) is 0.788. The number of hydrogen-bond acceptors (Lipinski definition) is 3. The van der Waals surface area contributed by atoms with Gasteiger partial charge in [0, 0.05) is 41.4 Å². The molecule has 9 heteroatoms. The maximum atomic E-state index is 12.3. The first-order valence-electron chi connectivity index (χ1n) is 9.43. The summed E-state index contributed by atoms with van der Waals surface area (Å²) < 4.78 is 53.7. The maximum Gasteiger partial charge on any atom is 0.422 e. The molecule has 3 atom stereocenters. The van der Waals surface area contributed by atoms with Crippen molar-refractivity contribution in [3.8, 4) is 5.75 Å². The minimum absolute atomic E-state index is 0.178. The summed E-state index contributed by atoms with van der Waals surface area (Å²) in [7, 11) is 0.880. The Kier molecular flexibility index (Phi) is 8.59. The molecular formula is C19H28F3N3O2S. The van der Waals surface area contributed by atoms with Gasteiger partial charge in [0.15, 0.2) is 12.6 Å². The van der Waals surface area contributed by atoms with Crippen LogP contribution in [0.5, 0.6) is 5.75 Å². The van der Waals surface area contributed by atoms with Gasteiger partial charge in [-0.05, 0) is 37.0 Å². The van der Waals surface area contributed by atoms with E-state index in [0.717, 1.165) is 31.2 Å². The third-order valence-corrected chi connectivity index (χ3v) is 6.35. The van der Waals surface area contributed by atoms with Crippen LogP contribution in [0.25, 0.3) is 0 Å². The van der Waals surface area contributed by atoms with Gasteiger partial charge in [0.05, 0.1) is 0 Å². The highest BCUT2D eigenvalue weighted by Crippen LogP contribution is 2.23. The van der Waals surface area contributed by atoms with Crippen molar-refractivity contribution in [3.05, 3.63) is 29.8 Å². The predicted molar refractivity (Wildman–Crippen MR) is 106 cm³/mol. The Morgan fingerprint density at radius 1 is 1.36 bits per heavy atom. The summed E-state index contributed by atoms with van der Waals surface area (Å²) in [6.07, 6.45) is -0.487. The van der Waals surface area contributed by atoms with Crippen molar-refractivity contribution in [2.75, 3.05) is 19.4 Å². The van der Waals surface area contributed by atoms with E-state index in [1.54, 1.807) is 19.2 Å². The molecule has 3 unspecified atom stereocenters. The second kappa shape index (κ2) is 10.7. The molecule has 0 aromatic heterocycles. The van der Waals surface area contributed by atoms with E-state index in [-0.39, 0.29) is 17.0 Å². The Morgan fingerprint density at radius 2 is 2.14 bits per heavy atom. The first-order valence-corrected chi connectivity index (χ1v) is 10.8. The number of hydrogen-bond donors (Lipinski definition) is 2. The van der Waals surface area contributed by atoms with Crippen molar-refractivity contribution < 1.29 is 22.1 Å². The van der Waals surface area contributed by atoms with Crippen LogP contribution in [0.15, 0.2) is 29.3 Å². The minimum atomic E-state index is -4.36. The van der Waals surface area contributed by atoms with E-state index in [4.69, 9.17) is 4.74 Å². The summed E-state index contributed by atoms with van der Waals surface area (Å²) in [6.45, 7) is 1.04. The van der Waals surface area contributed by atoms with Gasteiger partial charge in [-0.15, -0.1) is 0 Å². The molecule has 2 N–H and O–H groups in total. The second-order valence-electron chi connectivity index (χ2n) is 6.78. The molecule has 28 heavy (non-hydrogen) atoms. The third kappa shape index (κ3) is 7.69. The van der Waals surface area contributed by atoms with Crippen LogP contribution in [0.4, 0.5) is 13.2 Å². The Morgan fingerprint density at radius 3 is 2.82 bits per heavy atom. The molecule has 0 bridgehead atoms. The Balaban J connectivity index is 1.86. The quantitative estimate of drug-likeness (QED) is 0.526. The van der Waals surface area contributed by atoms with E-state index in [2.05, 4.69) is 15.6 Å². The highest BCUT2D eigenvalue weighted by Gasteiger charge is 2.28. The zero-order valence-electron chi connectivity index (χ0n) is 16.2. The van der Waals surface area contributed by atoms with Crippen LogP contribution in [0.3, 0.4) is 0 Å². The topological polar surface area (TPSA) is 62.7 Å². The maximum absolute atomic E-state index is 12.3. The highest BCUT2D eigenvalue weighted by molar-refractivity contribution is 7.85. The van der Waals surface area contributed by atoms with E-state index in [1.807, 2.05) is 13.0 Å². The number of ether oxygens (including phenoxy) is 1. The summed E-state index contributed by atoms with van der Waals surface area (Å²) in [5.74, 6) is 1.48. The van der Waals surface area contributed by atoms with Gasteiger partial charge in [-0.3, -0.25) is 9.20 Å². The monoisotopic (exact) mass is 419 g/mol. The lowest BCUT2D eigenvalue weighted by molar-refractivity contribution is -0.153. The minimum Gasteiger partial charge on any atom is -0.484 e. The molecular weight excluding hydrogens is 391 g/mol. The lowest BCUT2D eigenvalue weighted by atomic mass is 9.95. The zero-order valence-corrected chi connectivity index (χ0v) is 17.0. The summed E-state index contributed by atoms with van der Waals surface area (Å²) in [6, 6.07) is 6.75. The molecule has 1 fully saturated rings. The van der Waals surface area contributed by atoms with E-state index < -0.39 is 23.6 Å². The van der Waals surface area contributed by atoms with Crippen LogP contribution in [0, 0.1) is 0 Å². The van der Waals surface area contributed by atoms with Gasteiger partial charge in [-0.1, -0.05) is 25.5 Å². The standard InChI is InChI=1S/C19H28F3N3O2S/c1-3-28(26)17-9-5-7-15(11-17)25-18(23-2)24-12-14-6-4-8-16(10-14)27-13-19(20,21)22/h4,6,8,10,15,17H,3,5,7,9,11-13H2,1-2H3,(H2,23,24,25). The first kappa shape index (κ1) is 22.5. The average Bonchev–Trinajstić information content (AvgIpc) is 2.69. The van der Waals surface area contributed by atoms with Crippen molar-refractivity contribution in [2.24, 2.45) is 4.99 Å². The molecule has 1 aromatic rings. The normalized spacial score (nSPS) is 21.8. The van der Waals surface area contributed by atoms with Crippen LogP contribution in [-0.4, -0.2) is 47.0 Å². The lowest BCUT2D eigenvalue weighted by Crippen LogP contribution is -2.46. The highest BCUT2D eigenvalue weighted by atomic mass is 32.2. The number of benzene rings is 1. The molecule has 1 aromatic carbocycles. The largest absolute Gasteiger partial charge is 0.484 e. The molecule has 0 amide bonds. The molecule has 2 rings (SSSR count). The van der Waals surface area contributed by atoms with Gasteiger partial charge in [0.25, 0.3) is 0 Å². The molecule has 1 saturated carbocycles. The van der Waals surface area contributed by atoms with Gasteiger partial charge in [0.1, 0.15) is 5.75 Å². The molecule has 0 saturated heterocycles. The van der Waals surface area contributed by atoms with Gasteiger partial charge in [-0.2, -0.15) is 13.2 Å². The van der Waals surface area contributed by atoms with Crippen molar-refractivity contribution in [1.82, 2.24) is 10.6 Å². The number of alkyl halides is 3. The zero-order chi connectivity index (χ0) is 20.6.